The lowest BCUT2D eigenvalue weighted by Gasteiger charge is -2.42. The van der Waals surface area contributed by atoms with E-state index in [0.29, 0.717) is 0 Å². The summed E-state index contributed by atoms with van der Waals surface area (Å²) in [6, 6.07) is 0. The molecule has 0 atom stereocenters. The van der Waals surface area contributed by atoms with Crippen LogP contribution in [0.2, 0.25) is 0 Å². The van der Waals surface area contributed by atoms with Crippen molar-refractivity contribution in [1.29, 1.82) is 0 Å². The molecule has 0 aromatic heterocycles. The number of hydrogen-bond acceptors (Lipinski definition) is 4. The predicted octanol–water partition coefficient (Wildman–Crippen LogP) is 2.19. The fourth-order valence-corrected chi connectivity index (χ4v) is 2.50. The van der Waals surface area contributed by atoms with Crippen molar-refractivity contribution in [2.45, 2.75) is 25.3 Å². The summed E-state index contributed by atoms with van der Waals surface area (Å²) in [6.07, 6.45) is 8.61. The van der Waals surface area contributed by atoms with Crippen molar-refractivity contribution in [2.75, 3.05) is 26.4 Å². The van der Waals surface area contributed by atoms with Crippen LogP contribution in [0, 0.1) is 0 Å². The van der Waals surface area contributed by atoms with Crippen LogP contribution in [0.25, 0.3) is 0 Å². The van der Waals surface area contributed by atoms with E-state index in [-0.39, 0.29) is 4.57 Å². The number of halogens is 1. The molecule has 2 aliphatic heterocycles. The maximum absolute atomic E-state index is 3.85. The summed E-state index contributed by atoms with van der Waals surface area (Å²) < 4.78 is -0.159. The van der Waals surface area contributed by atoms with Gasteiger partial charge in [0.25, 0.3) is 0 Å². The summed E-state index contributed by atoms with van der Waals surface area (Å²) in [5, 5.41) is 0. The van der Waals surface area contributed by atoms with Crippen LogP contribution in [0.1, 0.15) is 20.8 Å². The first-order valence-electron chi connectivity index (χ1n) is 6.15. The normalized spacial score (nSPS) is 20.0. The van der Waals surface area contributed by atoms with E-state index in [1.807, 2.05) is 0 Å². The summed E-state index contributed by atoms with van der Waals surface area (Å²) in [5.41, 5.74) is 0. The van der Waals surface area contributed by atoms with Crippen LogP contribution in [-0.4, -0.2) is 50.6 Å². The van der Waals surface area contributed by atoms with Crippen molar-refractivity contribution in [3.05, 3.63) is 24.8 Å². The molecule has 2 aliphatic rings. The molecule has 0 saturated carbocycles. The highest BCUT2D eigenvalue weighted by Crippen LogP contribution is 2.32. The Hall–Kier alpha value is -0.840. The van der Waals surface area contributed by atoms with E-state index in [1.54, 1.807) is 0 Å². The molecule has 0 N–H and O–H groups in total. The summed E-state index contributed by atoms with van der Waals surface area (Å²) in [4.78, 5) is 9.19. The summed E-state index contributed by atoms with van der Waals surface area (Å²) in [5.74, 6) is 0. The van der Waals surface area contributed by atoms with E-state index in [4.69, 9.17) is 0 Å². The largest absolute Gasteiger partial charge is 0.359 e. The van der Waals surface area contributed by atoms with Crippen LogP contribution in [-0.2, 0) is 0 Å². The van der Waals surface area contributed by atoms with E-state index >= 15 is 0 Å². The average molecular weight is 301 g/mol. The van der Waals surface area contributed by atoms with Crippen LogP contribution < -0.4 is 0 Å². The van der Waals surface area contributed by atoms with Gasteiger partial charge in [0.15, 0.2) is 4.57 Å². The van der Waals surface area contributed by atoms with E-state index in [9.17, 15) is 0 Å². The van der Waals surface area contributed by atoms with Gasteiger partial charge in [-0.1, -0.05) is 0 Å². The van der Waals surface area contributed by atoms with E-state index in [1.165, 1.54) is 0 Å². The number of hydrogen-bond donors (Lipinski definition) is 0. The Labute approximate surface area is 112 Å². The lowest BCUT2D eigenvalue weighted by atomic mass is 10.4. The van der Waals surface area contributed by atoms with E-state index in [0.717, 1.165) is 26.4 Å². The third-order valence-electron chi connectivity index (χ3n) is 3.44. The van der Waals surface area contributed by atoms with Gasteiger partial charge in [0.2, 0.25) is 0 Å². The van der Waals surface area contributed by atoms with E-state index < -0.39 is 0 Å². The molecule has 0 aromatic rings. The van der Waals surface area contributed by atoms with Gasteiger partial charge in [0.05, 0.1) is 13.3 Å². The van der Waals surface area contributed by atoms with Crippen LogP contribution >= 0.6 is 15.9 Å². The van der Waals surface area contributed by atoms with Gasteiger partial charge < -0.3 is 19.6 Å². The van der Waals surface area contributed by atoms with Crippen LogP contribution in [0.5, 0.6) is 0 Å². The molecule has 0 fully saturated rings. The minimum absolute atomic E-state index is 0.159. The Balaban J connectivity index is 2.00. The smallest absolute Gasteiger partial charge is 0.169 e. The second-order valence-corrected chi connectivity index (χ2v) is 6.04. The SMILES string of the molecule is CCN1C=CN(C(C)(Br)N2C=CN(CC)C2)C1. The van der Waals surface area contributed by atoms with Crippen molar-refractivity contribution in [3.8, 4) is 0 Å². The molecule has 2 heterocycles. The van der Waals surface area contributed by atoms with Gasteiger partial charge in [-0.05, 0) is 36.7 Å². The number of nitrogens with zero attached hydrogens (tertiary/aromatic N) is 4. The maximum atomic E-state index is 3.85. The molecule has 17 heavy (non-hydrogen) atoms. The minimum atomic E-state index is -0.159. The summed E-state index contributed by atoms with van der Waals surface area (Å²) >= 11 is 3.85. The van der Waals surface area contributed by atoms with Gasteiger partial charge in [0.1, 0.15) is 0 Å². The van der Waals surface area contributed by atoms with Gasteiger partial charge in [0, 0.05) is 37.9 Å². The first kappa shape index (κ1) is 12.6. The van der Waals surface area contributed by atoms with E-state index in [2.05, 4.69) is 81.1 Å². The highest BCUT2D eigenvalue weighted by Gasteiger charge is 2.36. The molecule has 0 saturated heterocycles. The van der Waals surface area contributed by atoms with Gasteiger partial charge in [-0.25, -0.2) is 0 Å². The Morgan fingerprint density at radius 2 is 1.35 bits per heavy atom. The molecule has 0 bridgehead atoms. The first-order valence-corrected chi connectivity index (χ1v) is 6.94. The Kier molecular flexibility index (Phi) is 3.56. The fraction of sp³-hybridized carbons (Fsp3) is 0.667. The van der Waals surface area contributed by atoms with Crippen molar-refractivity contribution >= 4 is 15.9 Å². The van der Waals surface area contributed by atoms with Crippen LogP contribution in [0.4, 0.5) is 0 Å². The average Bonchev–Trinajstić information content (AvgIpc) is 2.98. The number of alkyl halides is 1. The Morgan fingerprint density at radius 3 is 1.65 bits per heavy atom. The van der Waals surface area contributed by atoms with Crippen molar-refractivity contribution < 1.29 is 0 Å². The quantitative estimate of drug-likeness (QED) is 0.583. The lowest BCUT2D eigenvalue weighted by Crippen LogP contribution is -2.51. The first-order chi connectivity index (χ1) is 8.07. The molecule has 0 unspecified atom stereocenters. The number of rotatable bonds is 4. The van der Waals surface area contributed by atoms with Gasteiger partial charge in [-0.3, -0.25) is 0 Å². The zero-order chi connectivity index (χ0) is 12.5. The minimum Gasteiger partial charge on any atom is -0.359 e. The Morgan fingerprint density at radius 1 is 0.941 bits per heavy atom. The maximum Gasteiger partial charge on any atom is 0.169 e. The molecule has 0 spiro atoms. The van der Waals surface area contributed by atoms with Crippen molar-refractivity contribution in [3.63, 3.8) is 0 Å². The topological polar surface area (TPSA) is 13.0 Å². The zero-order valence-electron chi connectivity index (χ0n) is 10.8. The second-order valence-electron chi connectivity index (χ2n) is 4.53. The third-order valence-corrected chi connectivity index (χ3v) is 4.35. The van der Waals surface area contributed by atoms with Crippen LogP contribution in [0.15, 0.2) is 24.8 Å². The molecule has 0 amide bonds. The highest BCUT2D eigenvalue weighted by molar-refractivity contribution is 9.10. The fourth-order valence-electron chi connectivity index (χ4n) is 2.04. The highest BCUT2D eigenvalue weighted by atomic mass is 79.9. The Bertz CT molecular complexity index is 296. The summed E-state index contributed by atoms with van der Waals surface area (Å²) in [7, 11) is 0. The molecular formula is C12H21BrN4. The lowest BCUT2D eigenvalue weighted by molar-refractivity contribution is 0.0756. The monoisotopic (exact) mass is 300 g/mol. The molecular weight excluding hydrogens is 280 g/mol. The molecule has 0 aliphatic carbocycles. The van der Waals surface area contributed by atoms with Gasteiger partial charge >= 0.3 is 0 Å². The summed E-state index contributed by atoms with van der Waals surface area (Å²) in [6.45, 7) is 10.5. The van der Waals surface area contributed by atoms with Crippen molar-refractivity contribution in [1.82, 2.24) is 19.6 Å². The molecule has 96 valence electrons. The van der Waals surface area contributed by atoms with Crippen molar-refractivity contribution in [2.24, 2.45) is 0 Å². The molecule has 0 radical (unpaired) electrons. The zero-order valence-corrected chi connectivity index (χ0v) is 12.4. The standard InChI is InChI=1S/C12H21BrN4/c1-4-14-6-8-16(10-14)12(3,13)17-9-7-15(5-2)11-17/h6-9H,4-5,10-11H2,1-3H3. The molecule has 5 heteroatoms. The molecule has 0 aromatic carbocycles. The molecule has 2 rings (SSSR count). The third kappa shape index (κ3) is 2.39. The van der Waals surface area contributed by atoms with Gasteiger partial charge in [-0.2, -0.15) is 0 Å². The molecule has 4 nitrogen and oxygen atoms in total. The van der Waals surface area contributed by atoms with Gasteiger partial charge in [-0.15, -0.1) is 0 Å². The predicted molar refractivity (Wildman–Crippen MR) is 73.8 cm³/mol. The van der Waals surface area contributed by atoms with Crippen LogP contribution in [0.3, 0.4) is 0 Å². The second kappa shape index (κ2) is 4.80.